The summed E-state index contributed by atoms with van der Waals surface area (Å²) in [5.74, 6) is -0.811. The van der Waals surface area contributed by atoms with Crippen LogP contribution in [0.15, 0.2) is 6.07 Å². The molecule has 0 radical (unpaired) electrons. The highest BCUT2D eigenvalue weighted by atomic mass is 32.2. The van der Waals surface area contributed by atoms with Crippen molar-refractivity contribution in [2.45, 2.75) is 77.4 Å². The quantitative estimate of drug-likeness (QED) is 0.579. The Morgan fingerprint density at radius 3 is 2.42 bits per heavy atom. The summed E-state index contributed by atoms with van der Waals surface area (Å²) in [6, 6.07) is 2.15. The topological polar surface area (TPSA) is 113 Å². The number of sulfone groups is 1. The van der Waals surface area contributed by atoms with Crippen molar-refractivity contribution in [3.63, 3.8) is 0 Å². The van der Waals surface area contributed by atoms with E-state index in [4.69, 9.17) is 0 Å². The molecule has 0 saturated heterocycles. The van der Waals surface area contributed by atoms with E-state index in [1.54, 1.807) is 13.1 Å². The van der Waals surface area contributed by atoms with Crippen LogP contribution in [0.5, 0.6) is 0 Å². The number of carbonyl (C=O) groups excluding carboxylic acids is 2. The molecule has 1 aromatic rings. The second kappa shape index (κ2) is 10.5. The summed E-state index contributed by atoms with van der Waals surface area (Å²) in [6.07, 6.45) is 3.54. The Balaban J connectivity index is 2.00. The van der Waals surface area contributed by atoms with Gasteiger partial charge < -0.3 is 15.5 Å². The van der Waals surface area contributed by atoms with Gasteiger partial charge in [-0.3, -0.25) is 14.3 Å². The Morgan fingerprint density at radius 2 is 1.91 bits per heavy atom. The standard InChI is InChI=1S/C23H41N5O4S/c1-15(2)27(6)17-9-10-18(16(11-17)14-33(8,31)32)25-21(29)13-24-22(30)19-12-20(23(3,4)5)26-28(19)7/h12,15-18H,9-11,13-14H2,1-8H3,(H,24,30)(H,25,29)/t16-,17+,18-/m0/s1. The van der Waals surface area contributed by atoms with Crippen molar-refractivity contribution >= 4 is 21.7 Å². The molecule has 0 aliphatic heterocycles. The summed E-state index contributed by atoms with van der Waals surface area (Å²) in [7, 11) is 0.574. The fourth-order valence-corrected chi connectivity index (χ4v) is 5.50. The van der Waals surface area contributed by atoms with Crippen molar-refractivity contribution in [2.75, 3.05) is 25.6 Å². The van der Waals surface area contributed by atoms with Crippen molar-refractivity contribution < 1.29 is 18.0 Å². The van der Waals surface area contributed by atoms with Crippen molar-refractivity contribution in [1.82, 2.24) is 25.3 Å². The monoisotopic (exact) mass is 483 g/mol. The Kier molecular flexibility index (Phi) is 8.73. The van der Waals surface area contributed by atoms with Crippen LogP contribution in [-0.2, 0) is 27.1 Å². The molecular formula is C23H41N5O4S. The lowest BCUT2D eigenvalue weighted by molar-refractivity contribution is -0.121. The molecule has 2 N–H and O–H groups in total. The highest BCUT2D eigenvalue weighted by Crippen LogP contribution is 2.30. The zero-order valence-corrected chi connectivity index (χ0v) is 22.1. The summed E-state index contributed by atoms with van der Waals surface area (Å²) in [5.41, 5.74) is 0.997. The Bertz CT molecular complexity index is 949. The molecule has 1 aliphatic rings. The van der Waals surface area contributed by atoms with Crippen LogP contribution < -0.4 is 10.6 Å². The van der Waals surface area contributed by atoms with E-state index in [1.165, 1.54) is 10.9 Å². The molecule has 188 valence electrons. The van der Waals surface area contributed by atoms with Gasteiger partial charge in [-0.1, -0.05) is 20.8 Å². The van der Waals surface area contributed by atoms with Gasteiger partial charge in [-0.25, -0.2) is 8.42 Å². The molecule has 0 spiro atoms. The van der Waals surface area contributed by atoms with Crippen LogP contribution in [-0.4, -0.2) is 78.6 Å². The summed E-state index contributed by atoms with van der Waals surface area (Å²) < 4.78 is 25.6. The number of nitrogens with zero attached hydrogens (tertiary/aromatic N) is 3. The van der Waals surface area contributed by atoms with E-state index in [0.29, 0.717) is 24.6 Å². The largest absolute Gasteiger partial charge is 0.352 e. The van der Waals surface area contributed by atoms with Gasteiger partial charge in [0.2, 0.25) is 5.91 Å². The van der Waals surface area contributed by atoms with E-state index in [1.807, 2.05) is 20.8 Å². The van der Waals surface area contributed by atoms with Crippen LogP contribution in [0.25, 0.3) is 0 Å². The summed E-state index contributed by atoms with van der Waals surface area (Å²) >= 11 is 0. The summed E-state index contributed by atoms with van der Waals surface area (Å²) in [4.78, 5) is 27.5. The van der Waals surface area contributed by atoms with E-state index in [-0.39, 0.29) is 47.5 Å². The summed E-state index contributed by atoms with van der Waals surface area (Å²) in [6.45, 7) is 10.1. The van der Waals surface area contributed by atoms with Crippen molar-refractivity contribution in [3.05, 3.63) is 17.5 Å². The van der Waals surface area contributed by atoms with Gasteiger partial charge >= 0.3 is 0 Å². The fraction of sp³-hybridized carbons (Fsp3) is 0.783. The van der Waals surface area contributed by atoms with Gasteiger partial charge in [-0.15, -0.1) is 0 Å². The molecule has 1 heterocycles. The van der Waals surface area contributed by atoms with Gasteiger partial charge in [0.05, 0.1) is 18.0 Å². The third kappa shape index (κ3) is 7.81. The maximum absolute atomic E-state index is 12.6. The molecule has 33 heavy (non-hydrogen) atoms. The molecule has 0 aromatic carbocycles. The number of aryl methyl sites for hydroxylation is 1. The zero-order chi connectivity index (χ0) is 25.1. The van der Waals surface area contributed by atoms with Crippen LogP contribution in [0.2, 0.25) is 0 Å². The van der Waals surface area contributed by atoms with E-state index in [2.05, 4.69) is 41.5 Å². The van der Waals surface area contributed by atoms with Crippen molar-refractivity contribution in [3.8, 4) is 0 Å². The van der Waals surface area contributed by atoms with Crippen LogP contribution in [0.4, 0.5) is 0 Å². The molecule has 0 bridgehead atoms. The third-order valence-electron chi connectivity index (χ3n) is 6.50. The van der Waals surface area contributed by atoms with E-state index in [9.17, 15) is 18.0 Å². The number of rotatable bonds is 8. The second-order valence-corrected chi connectivity index (χ2v) is 12.9. The number of hydrogen-bond donors (Lipinski definition) is 2. The van der Waals surface area contributed by atoms with Gasteiger partial charge in [0, 0.05) is 36.8 Å². The van der Waals surface area contributed by atoms with Gasteiger partial charge in [-0.05, 0) is 52.1 Å². The Hall–Kier alpha value is -1.94. The zero-order valence-electron chi connectivity index (χ0n) is 21.3. The summed E-state index contributed by atoms with van der Waals surface area (Å²) in [5, 5.41) is 10.0. The lowest BCUT2D eigenvalue weighted by atomic mass is 9.81. The van der Waals surface area contributed by atoms with E-state index in [0.717, 1.165) is 12.1 Å². The minimum absolute atomic E-state index is 0.0390. The number of aromatic nitrogens is 2. The van der Waals surface area contributed by atoms with Gasteiger partial charge in [0.1, 0.15) is 15.5 Å². The highest BCUT2D eigenvalue weighted by Gasteiger charge is 2.35. The molecule has 10 heteroatoms. The number of nitrogens with one attached hydrogen (secondary N) is 2. The van der Waals surface area contributed by atoms with Crippen LogP contribution in [0, 0.1) is 5.92 Å². The van der Waals surface area contributed by atoms with Crippen molar-refractivity contribution in [2.24, 2.45) is 13.0 Å². The average molecular weight is 484 g/mol. The lowest BCUT2D eigenvalue weighted by Gasteiger charge is -2.41. The second-order valence-electron chi connectivity index (χ2n) is 10.7. The predicted octanol–water partition coefficient (Wildman–Crippen LogP) is 1.49. The molecule has 2 rings (SSSR count). The maximum Gasteiger partial charge on any atom is 0.269 e. The van der Waals surface area contributed by atoms with Crippen LogP contribution >= 0.6 is 0 Å². The minimum atomic E-state index is -3.19. The van der Waals surface area contributed by atoms with Crippen LogP contribution in [0.1, 0.15) is 70.1 Å². The first-order valence-corrected chi connectivity index (χ1v) is 13.7. The molecule has 9 nitrogen and oxygen atoms in total. The first-order valence-electron chi connectivity index (χ1n) is 11.6. The third-order valence-corrected chi connectivity index (χ3v) is 7.53. The first kappa shape index (κ1) is 27.3. The number of hydrogen-bond acceptors (Lipinski definition) is 6. The number of amides is 2. The Morgan fingerprint density at radius 1 is 1.27 bits per heavy atom. The van der Waals surface area contributed by atoms with Gasteiger partial charge in [0.15, 0.2) is 0 Å². The molecule has 1 aliphatic carbocycles. The molecule has 0 unspecified atom stereocenters. The molecule has 1 fully saturated rings. The highest BCUT2D eigenvalue weighted by molar-refractivity contribution is 7.90. The van der Waals surface area contributed by atoms with Gasteiger partial charge in [0.25, 0.3) is 5.91 Å². The van der Waals surface area contributed by atoms with E-state index < -0.39 is 9.84 Å². The number of carbonyl (C=O) groups is 2. The smallest absolute Gasteiger partial charge is 0.269 e. The molecule has 2 amide bonds. The van der Waals surface area contributed by atoms with Crippen molar-refractivity contribution in [1.29, 1.82) is 0 Å². The molecular weight excluding hydrogens is 442 g/mol. The average Bonchev–Trinajstić information content (AvgIpc) is 3.08. The lowest BCUT2D eigenvalue weighted by Crippen LogP contribution is -2.52. The van der Waals surface area contributed by atoms with E-state index >= 15 is 0 Å². The first-order chi connectivity index (χ1) is 15.1. The molecule has 1 aromatic heterocycles. The van der Waals surface area contributed by atoms with Crippen LogP contribution in [0.3, 0.4) is 0 Å². The SMILES string of the molecule is CC(C)N(C)[C@@H]1CC[C@H](NC(=O)CNC(=O)c2cc(C(C)(C)C)nn2C)[C@H](CS(C)(=O)=O)C1. The maximum atomic E-state index is 12.6. The fourth-order valence-electron chi connectivity index (χ4n) is 4.35. The van der Waals surface area contributed by atoms with Gasteiger partial charge in [-0.2, -0.15) is 5.10 Å². The normalized spacial score (nSPS) is 21.9. The minimum Gasteiger partial charge on any atom is -0.352 e. The molecule has 1 saturated carbocycles. The predicted molar refractivity (Wildman–Crippen MR) is 130 cm³/mol. The Labute approximate surface area is 198 Å². The molecule has 3 atom stereocenters.